The van der Waals surface area contributed by atoms with Gasteiger partial charge in [0.15, 0.2) is 0 Å². The molecule has 0 amide bonds. The van der Waals surface area contributed by atoms with Crippen LogP contribution in [0.1, 0.15) is 67.2 Å². The Balaban J connectivity index is 2.11. The first-order valence-corrected chi connectivity index (χ1v) is 9.18. The molecule has 6 heteroatoms. The van der Waals surface area contributed by atoms with E-state index in [4.69, 9.17) is 4.98 Å². The molecule has 0 saturated carbocycles. The fourth-order valence-corrected chi connectivity index (χ4v) is 3.85. The van der Waals surface area contributed by atoms with Crippen LogP contribution >= 0.6 is 11.3 Å². The quantitative estimate of drug-likeness (QED) is 0.714. The number of hydrogen-bond acceptors (Lipinski definition) is 4. The summed E-state index contributed by atoms with van der Waals surface area (Å²) in [6.45, 7) is 12.1. The predicted octanol–water partition coefficient (Wildman–Crippen LogP) is 4.20. The smallest absolute Gasteiger partial charge is 0.277 e. The second-order valence-electron chi connectivity index (χ2n) is 7.64. The Kier molecular flexibility index (Phi) is 4.19. The molecule has 0 unspecified atom stereocenters. The van der Waals surface area contributed by atoms with E-state index in [1.807, 2.05) is 26.8 Å². The van der Waals surface area contributed by atoms with E-state index in [1.165, 1.54) is 10.9 Å². The normalized spacial score (nSPS) is 12.3. The van der Waals surface area contributed by atoms with Gasteiger partial charge in [-0.1, -0.05) is 20.8 Å². The average Bonchev–Trinajstić information content (AvgIpc) is 3.10. The maximum Gasteiger partial charge on any atom is 0.277 e. The molecule has 0 atom stereocenters. The molecule has 0 aliphatic carbocycles. The summed E-state index contributed by atoms with van der Waals surface area (Å²) >= 11 is 1.65. The first kappa shape index (κ1) is 17.6. The molecule has 25 heavy (non-hydrogen) atoms. The van der Waals surface area contributed by atoms with Crippen molar-refractivity contribution in [1.29, 1.82) is 0 Å². The second-order valence-corrected chi connectivity index (χ2v) is 8.67. The van der Waals surface area contributed by atoms with Crippen LogP contribution in [0.25, 0.3) is 10.2 Å². The Labute approximate surface area is 150 Å². The van der Waals surface area contributed by atoms with Crippen LogP contribution in [-0.4, -0.2) is 20.5 Å². The van der Waals surface area contributed by atoms with Crippen LogP contribution in [0.15, 0.2) is 23.1 Å². The summed E-state index contributed by atoms with van der Waals surface area (Å²) in [5, 5.41) is 3.92. The summed E-state index contributed by atoms with van der Waals surface area (Å²) in [5.74, 6) is -0.259. The number of fused-ring (bicyclic) bond motifs is 1. The van der Waals surface area contributed by atoms with E-state index < -0.39 is 0 Å². The standard InChI is InChI=1S/C19H23N3O2S/c1-10(2)22-17(24)13(9-20-22)16(23)12-7-8-14-15(11(12)3)21-18(25-14)19(4,5)6/h7-10,20H,1-6H3. The number of carbonyl (C=O) groups is 1. The second kappa shape index (κ2) is 5.95. The number of aromatic amines is 1. The van der Waals surface area contributed by atoms with E-state index in [9.17, 15) is 9.59 Å². The maximum atomic E-state index is 12.9. The third-order valence-electron chi connectivity index (χ3n) is 4.26. The third kappa shape index (κ3) is 2.95. The van der Waals surface area contributed by atoms with E-state index in [-0.39, 0.29) is 28.4 Å². The van der Waals surface area contributed by atoms with Gasteiger partial charge in [-0.25, -0.2) is 4.98 Å². The van der Waals surface area contributed by atoms with Crippen LogP contribution in [0, 0.1) is 6.92 Å². The molecule has 0 saturated heterocycles. The zero-order chi connectivity index (χ0) is 18.5. The zero-order valence-electron chi connectivity index (χ0n) is 15.4. The fourth-order valence-electron chi connectivity index (χ4n) is 2.77. The number of aromatic nitrogens is 3. The van der Waals surface area contributed by atoms with Crippen LogP contribution in [0.3, 0.4) is 0 Å². The van der Waals surface area contributed by atoms with Gasteiger partial charge in [0.05, 0.1) is 15.2 Å². The molecule has 0 spiro atoms. The fraction of sp³-hybridized carbons (Fsp3) is 0.421. The van der Waals surface area contributed by atoms with Gasteiger partial charge in [0.25, 0.3) is 5.56 Å². The Bertz CT molecular complexity index is 1020. The summed E-state index contributed by atoms with van der Waals surface area (Å²) in [5.41, 5.74) is 2.05. The lowest BCUT2D eigenvalue weighted by molar-refractivity contribution is 0.103. The number of aryl methyl sites for hydroxylation is 1. The molecule has 132 valence electrons. The van der Waals surface area contributed by atoms with Crippen molar-refractivity contribution in [1.82, 2.24) is 14.8 Å². The molecule has 5 nitrogen and oxygen atoms in total. The first-order chi connectivity index (χ1) is 11.6. The van der Waals surface area contributed by atoms with Gasteiger partial charge >= 0.3 is 0 Å². The van der Waals surface area contributed by atoms with Crippen LogP contribution in [-0.2, 0) is 5.41 Å². The average molecular weight is 357 g/mol. The van der Waals surface area contributed by atoms with Gasteiger partial charge in [0.2, 0.25) is 5.78 Å². The lowest BCUT2D eigenvalue weighted by Crippen LogP contribution is -2.23. The van der Waals surface area contributed by atoms with Gasteiger partial charge in [0.1, 0.15) is 5.56 Å². The third-order valence-corrected chi connectivity index (χ3v) is 5.70. The minimum absolute atomic E-state index is 0.0227. The molecule has 0 aliphatic heterocycles. The van der Waals surface area contributed by atoms with Crippen molar-refractivity contribution in [2.75, 3.05) is 0 Å². The van der Waals surface area contributed by atoms with Crippen LogP contribution < -0.4 is 5.56 Å². The van der Waals surface area contributed by atoms with Gasteiger partial charge in [0, 0.05) is 23.2 Å². The van der Waals surface area contributed by atoms with Crippen molar-refractivity contribution in [2.24, 2.45) is 0 Å². The number of nitrogens with zero attached hydrogens (tertiary/aromatic N) is 2. The molecular weight excluding hydrogens is 334 g/mol. The number of carbonyl (C=O) groups excluding carboxylic acids is 1. The van der Waals surface area contributed by atoms with E-state index in [1.54, 1.807) is 17.4 Å². The number of rotatable bonds is 3. The summed E-state index contributed by atoms with van der Waals surface area (Å²) in [4.78, 5) is 30.1. The Morgan fingerprint density at radius 2 is 1.92 bits per heavy atom. The lowest BCUT2D eigenvalue weighted by Gasteiger charge is -2.13. The predicted molar refractivity (Wildman–Crippen MR) is 102 cm³/mol. The van der Waals surface area contributed by atoms with Gasteiger partial charge in [-0.2, -0.15) is 0 Å². The first-order valence-electron chi connectivity index (χ1n) is 8.36. The monoisotopic (exact) mass is 357 g/mol. The summed E-state index contributed by atoms with van der Waals surface area (Å²) in [6.07, 6.45) is 1.50. The maximum absolute atomic E-state index is 12.9. The molecule has 2 heterocycles. The number of H-pyrrole nitrogens is 1. The topological polar surface area (TPSA) is 67.8 Å². The van der Waals surface area contributed by atoms with Crippen LogP contribution in [0.4, 0.5) is 0 Å². The van der Waals surface area contributed by atoms with Gasteiger partial charge in [-0.05, 0) is 38.5 Å². The van der Waals surface area contributed by atoms with Crippen LogP contribution in [0.2, 0.25) is 0 Å². The summed E-state index contributed by atoms with van der Waals surface area (Å²) in [7, 11) is 0. The molecule has 3 rings (SSSR count). The van der Waals surface area contributed by atoms with Gasteiger partial charge in [-0.15, -0.1) is 11.3 Å². The van der Waals surface area contributed by atoms with Crippen molar-refractivity contribution in [3.8, 4) is 0 Å². The highest BCUT2D eigenvalue weighted by molar-refractivity contribution is 7.18. The minimum Gasteiger partial charge on any atom is -0.302 e. The number of ketones is 1. The van der Waals surface area contributed by atoms with E-state index >= 15 is 0 Å². The Hall–Kier alpha value is -2.21. The highest BCUT2D eigenvalue weighted by atomic mass is 32.1. The zero-order valence-corrected chi connectivity index (χ0v) is 16.2. The van der Waals surface area contributed by atoms with Gasteiger partial charge < -0.3 is 5.10 Å². The Morgan fingerprint density at radius 1 is 1.24 bits per heavy atom. The molecule has 1 N–H and O–H groups in total. The van der Waals surface area contributed by atoms with Crippen LogP contribution in [0.5, 0.6) is 0 Å². The highest BCUT2D eigenvalue weighted by Crippen LogP contribution is 2.33. The largest absolute Gasteiger partial charge is 0.302 e. The number of benzene rings is 1. The summed E-state index contributed by atoms with van der Waals surface area (Å²) < 4.78 is 2.52. The number of hydrogen-bond donors (Lipinski definition) is 1. The molecule has 3 aromatic rings. The van der Waals surface area contributed by atoms with E-state index in [2.05, 4.69) is 25.9 Å². The van der Waals surface area contributed by atoms with Crippen molar-refractivity contribution >= 4 is 27.3 Å². The van der Waals surface area contributed by atoms with E-state index in [0.29, 0.717) is 5.56 Å². The molecule has 1 aromatic carbocycles. The summed E-state index contributed by atoms with van der Waals surface area (Å²) in [6, 6.07) is 3.71. The molecule has 0 fully saturated rings. The van der Waals surface area contributed by atoms with Gasteiger partial charge in [-0.3, -0.25) is 14.3 Å². The Morgan fingerprint density at radius 3 is 2.48 bits per heavy atom. The molecular formula is C19H23N3O2S. The SMILES string of the molecule is Cc1c(C(=O)c2c[nH]n(C(C)C)c2=O)ccc2sc(C(C)(C)C)nc12. The molecule has 0 aliphatic rings. The minimum atomic E-state index is -0.284. The van der Waals surface area contributed by atoms with E-state index in [0.717, 1.165) is 20.8 Å². The number of nitrogens with one attached hydrogen (secondary N) is 1. The molecule has 0 bridgehead atoms. The lowest BCUT2D eigenvalue weighted by atomic mass is 9.98. The molecule has 2 aromatic heterocycles. The molecule has 0 radical (unpaired) electrons. The van der Waals surface area contributed by atoms with Crippen molar-refractivity contribution < 1.29 is 4.79 Å². The highest BCUT2D eigenvalue weighted by Gasteiger charge is 2.23. The number of thiazole rings is 1. The van der Waals surface area contributed by atoms with Crippen molar-refractivity contribution in [3.05, 3.63) is 50.4 Å². The van der Waals surface area contributed by atoms with Crippen molar-refractivity contribution in [3.63, 3.8) is 0 Å². The van der Waals surface area contributed by atoms with Crippen molar-refractivity contribution in [2.45, 2.75) is 53.0 Å².